The Morgan fingerprint density at radius 2 is 2.22 bits per heavy atom. The van der Waals surface area contributed by atoms with Gasteiger partial charge in [-0.1, -0.05) is 0 Å². The maximum absolute atomic E-state index is 13.0. The van der Waals surface area contributed by atoms with Crippen LogP contribution in [0.15, 0.2) is 6.07 Å². The van der Waals surface area contributed by atoms with Gasteiger partial charge in [-0.2, -0.15) is 4.39 Å². The van der Waals surface area contributed by atoms with Gasteiger partial charge in [0.2, 0.25) is 11.6 Å². The van der Waals surface area contributed by atoms with Gasteiger partial charge in [-0.05, 0) is 6.92 Å². The highest BCUT2D eigenvalue weighted by atomic mass is 19.3. The van der Waals surface area contributed by atoms with Crippen molar-refractivity contribution in [3.63, 3.8) is 0 Å². The molecule has 1 aromatic heterocycles. The molecule has 98 valence electrons. The smallest absolute Gasteiger partial charge is 0.364 e. The van der Waals surface area contributed by atoms with E-state index in [0.717, 1.165) is 0 Å². The number of nitrogens with zero attached hydrogens (tertiary/aromatic N) is 2. The first-order valence-electron chi connectivity index (χ1n) is 4.68. The fourth-order valence-electron chi connectivity index (χ4n) is 1.23. The second-order valence-corrected chi connectivity index (χ2v) is 3.01. The third-order valence-electron chi connectivity index (χ3n) is 1.88. The lowest BCUT2D eigenvalue weighted by Crippen LogP contribution is -2.13. The van der Waals surface area contributed by atoms with Crippen molar-refractivity contribution in [2.45, 2.75) is 13.3 Å². The van der Waals surface area contributed by atoms with Crippen molar-refractivity contribution in [3.05, 3.63) is 33.4 Å². The topological polar surface area (TPSA) is 82.3 Å². The van der Waals surface area contributed by atoms with E-state index in [4.69, 9.17) is 0 Å². The van der Waals surface area contributed by atoms with Crippen LogP contribution < -0.4 is 0 Å². The third-order valence-corrected chi connectivity index (χ3v) is 1.88. The molecule has 0 fully saturated rings. The lowest BCUT2D eigenvalue weighted by atomic mass is 10.2. The monoisotopic (exact) mass is 264 g/mol. The SMILES string of the molecule is CCOC(=O)c1nc(F)cc(C(F)F)c1[N+](=O)[O-]. The fraction of sp³-hybridized carbons (Fsp3) is 0.333. The molecule has 1 rings (SSSR count). The zero-order chi connectivity index (χ0) is 13.9. The molecular weight excluding hydrogens is 257 g/mol. The Labute approximate surface area is 98.5 Å². The molecule has 1 heterocycles. The molecule has 0 spiro atoms. The Morgan fingerprint density at radius 3 is 2.67 bits per heavy atom. The van der Waals surface area contributed by atoms with Crippen LogP contribution >= 0.6 is 0 Å². The first-order chi connectivity index (χ1) is 8.38. The number of nitro groups is 1. The summed E-state index contributed by atoms with van der Waals surface area (Å²) >= 11 is 0. The van der Waals surface area contributed by atoms with Gasteiger partial charge >= 0.3 is 11.7 Å². The minimum atomic E-state index is -3.31. The summed E-state index contributed by atoms with van der Waals surface area (Å²) in [5.74, 6) is -2.75. The molecule has 1 aromatic rings. The molecule has 0 N–H and O–H groups in total. The number of ether oxygens (including phenoxy) is 1. The summed E-state index contributed by atoms with van der Waals surface area (Å²) in [5.41, 5.74) is -3.53. The number of hydrogen-bond donors (Lipinski definition) is 0. The summed E-state index contributed by atoms with van der Waals surface area (Å²) in [5, 5.41) is 10.7. The second-order valence-electron chi connectivity index (χ2n) is 3.01. The Morgan fingerprint density at radius 1 is 1.61 bits per heavy atom. The van der Waals surface area contributed by atoms with Crippen LogP contribution in [0.3, 0.4) is 0 Å². The average Bonchev–Trinajstić information content (AvgIpc) is 2.27. The highest BCUT2D eigenvalue weighted by molar-refractivity contribution is 5.92. The van der Waals surface area contributed by atoms with Crippen LogP contribution in [0.4, 0.5) is 18.9 Å². The van der Waals surface area contributed by atoms with E-state index in [1.54, 1.807) is 0 Å². The van der Waals surface area contributed by atoms with Crippen molar-refractivity contribution < 1.29 is 27.6 Å². The van der Waals surface area contributed by atoms with Crippen LogP contribution in [-0.2, 0) is 4.74 Å². The molecule has 9 heteroatoms. The average molecular weight is 264 g/mol. The molecule has 6 nitrogen and oxygen atoms in total. The molecule has 0 saturated carbocycles. The van der Waals surface area contributed by atoms with Crippen molar-refractivity contribution in [2.24, 2.45) is 0 Å². The van der Waals surface area contributed by atoms with Gasteiger partial charge < -0.3 is 4.74 Å². The molecule has 0 aliphatic carbocycles. The van der Waals surface area contributed by atoms with Crippen molar-refractivity contribution in [2.75, 3.05) is 6.61 Å². The molecule has 0 aliphatic rings. The van der Waals surface area contributed by atoms with Gasteiger partial charge in [0, 0.05) is 6.07 Å². The highest BCUT2D eigenvalue weighted by Crippen LogP contribution is 2.31. The van der Waals surface area contributed by atoms with E-state index in [1.807, 2.05) is 0 Å². The van der Waals surface area contributed by atoms with E-state index in [0.29, 0.717) is 0 Å². The summed E-state index contributed by atoms with van der Waals surface area (Å²) in [6, 6.07) is 0.214. The van der Waals surface area contributed by atoms with Gasteiger partial charge in [-0.15, -0.1) is 0 Å². The zero-order valence-corrected chi connectivity index (χ0v) is 9.02. The van der Waals surface area contributed by atoms with Crippen LogP contribution in [-0.4, -0.2) is 22.5 Å². The largest absolute Gasteiger partial charge is 0.461 e. The molecule has 18 heavy (non-hydrogen) atoms. The standard InChI is InChI=1S/C9H7F3N2O4/c1-2-18-9(15)6-7(14(16)17)4(8(11)12)3-5(10)13-6/h3,8H,2H2,1H3. The number of carbonyl (C=O) groups excluding carboxylic acids is 1. The summed E-state index contributed by atoms with van der Waals surface area (Å²) in [6.07, 6.45) is -3.31. The van der Waals surface area contributed by atoms with E-state index in [1.165, 1.54) is 6.92 Å². The van der Waals surface area contributed by atoms with Crippen LogP contribution in [0.1, 0.15) is 29.4 Å². The number of rotatable bonds is 4. The van der Waals surface area contributed by atoms with E-state index in [2.05, 4.69) is 9.72 Å². The van der Waals surface area contributed by atoms with Crippen LogP contribution in [0, 0.1) is 16.1 Å². The number of carbonyl (C=O) groups is 1. The normalized spacial score (nSPS) is 10.5. The Hall–Kier alpha value is -2.19. The predicted octanol–water partition coefficient (Wildman–Crippen LogP) is 2.24. The van der Waals surface area contributed by atoms with Gasteiger partial charge in [0.15, 0.2) is 0 Å². The second kappa shape index (κ2) is 5.43. The lowest BCUT2D eigenvalue weighted by Gasteiger charge is -2.06. The number of esters is 1. The summed E-state index contributed by atoms with van der Waals surface area (Å²) in [7, 11) is 0. The molecule has 0 aliphatic heterocycles. The summed E-state index contributed by atoms with van der Waals surface area (Å²) in [6.45, 7) is 1.25. The predicted molar refractivity (Wildman–Crippen MR) is 51.8 cm³/mol. The van der Waals surface area contributed by atoms with Gasteiger partial charge in [-0.3, -0.25) is 10.1 Å². The van der Waals surface area contributed by atoms with Crippen LogP contribution in [0.5, 0.6) is 0 Å². The van der Waals surface area contributed by atoms with Crippen LogP contribution in [0.2, 0.25) is 0 Å². The van der Waals surface area contributed by atoms with Crippen molar-refractivity contribution in [3.8, 4) is 0 Å². The van der Waals surface area contributed by atoms with E-state index < -0.39 is 40.2 Å². The highest BCUT2D eigenvalue weighted by Gasteiger charge is 2.32. The zero-order valence-electron chi connectivity index (χ0n) is 9.02. The molecular formula is C9H7F3N2O4. The number of hydrogen-bond acceptors (Lipinski definition) is 5. The van der Waals surface area contributed by atoms with Gasteiger partial charge in [0.25, 0.3) is 6.43 Å². The van der Waals surface area contributed by atoms with Crippen molar-refractivity contribution in [1.29, 1.82) is 0 Å². The van der Waals surface area contributed by atoms with E-state index in [9.17, 15) is 28.1 Å². The fourth-order valence-corrected chi connectivity index (χ4v) is 1.23. The Kier molecular flexibility index (Phi) is 4.18. The molecule has 0 bridgehead atoms. The van der Waals surface area contributed by atoms with Gasteiger partial charge in [0.1, 0.15) is 5.56 Å². The van der Waals surface area contributed by atoms with Crippen molar-refractivity contribution >= 4 is 11.7 Å². The maximum atomic E-state index is 13.0. The summed E-state index contributed by atoms with van der Waals surface area (Å²) in [4.78, 5) is 23.7. The lowest BCUT2D eigenvalue weighted by molar-refractivity contribution is -0.387. The minimum absolute atomic E-state index is 0.155. The Bertz CT molecular complexity index is 493. The summed E-state index contributed by atoms with van der Waals surface area (Å²) < 4.78 is 42.4. The number of halogens is 3. The quantitative estimate of drug-likeness (QED) is 0.360. The van der Waals surface area contributed by atoms with Gasteiger partial charge in [0.05, 0.1) is 11.5 Å². The maximum Gasteiger partial charge on any atom is 0.364 e. The molecule has 0 atom stereocenters. The molecule has 0 saturated heterocycles. The Balaban J connectivity index is 3.48. The molecule has 0 aromatic carbocycles. The van der Waals surface area contributed by atoms with E-state index in [-0.39, 0.29) is 12.7 Å². The number of aromatic nitrogens is 1. The number of alkyl halides is 2. The van der Waals surface area contributed by atoms with E-state index >= 15 is 0 Å². The van der Waals surface area contributed by atoms with Crippen LogP contribution in [0.25, 0.3) is 0 Å². The van der Waals surface area contributed by atoms with Gasteiger partial charge in [-0.25, -0.2) is 18.6 Å². The molecule has 0 radical (unpaired) electrons. The third kappa shape index (κ3) is 2.73. The van der Waals surface area contributed by atoms with Crippen molar-refractivity contribution in [1.82, 2.24) is 4.98 Å². The molecule has 0 unspecified atom stereocenters. The first kappa shape index (κ1) is 13.9. The molecule has 0 amide bonds. The first-order valence-corrected chi connectivity index (χ1v) is 4.68. The number of pyridine rings is 1. The minimum Gasteiger partial charge on any atom is -0.461 e.